The van der Waals surface area contributed by atoms with Gasteiger partial charge in [-0.2, -0.15) is 10.4 Å². The van der Waals surface area contributed by atoms with Crippen molar-refractivity contribution in [3.8, 4) is 17.6 Å². The monoisotopic (exact) mass is 475 g/mol. The SMILES string of the molecule is CCOc1cc(/C=N\NC(=O)CSc2nc(C)cc(C)n2)ccc1OCc1ccccc1C#N. The summed E-state index contributed by atoms with van der Waals surface area (Å²) in [4.78, 5) is 20.7. The summed E-state index contributed by atoms with van der Waals surface area (Å²) >= 11 is 1.26. The molecular formula is C25H25N5O3S. The number of hydrazone groups is 1. The molecular weight excluding hydrogens is 450 g/mol. The third-order valence-corrected chi connectivity index (χ3v) is 5.33. The maximum Gasteiger partial charge on any atom is 0.250 e. The maximum absolute atomic E-state index is 12.1. The second-order valence-corrected chi connectivity index (χ2v) is 8.15. The number of aromatic nitrogens is 2. The van der Waals surface area contributed by atoms with Crippen molar-refractivity contribution in [1.29, 1.82) is 5.26 Å². The normalized spacial score (nSPS) is 10.6. The minimum Gasteiger partial charge on any atom is -0.490 e. The predicted octanol–water partition coefficient (Wildman–Crippen LogP) is 4.19. The van der Waals surface area contributed by atoms with Crippen LogP contribution >= 0.6 is 11.8 Å². The highest BCUT2D eigenvalue weighted by Gasteiger charge is 2.09. The van der Waals surface area contributed by atoms with Crippen molar-refractivity contribution >= 4 is 23.9 Å². The second kappa shape index (κ2) is 12.4. The Kier molecular flexibility index (Phi) is 9.00. The van der Waals surface area contributed by atoms with E-state index in [-0.39, 0.29) is 18.3 Å². The molecule has 0 spiro atoms. The van der Waals surface area contributed by atoms with E-state index in [1.165, 1.54) is 18.0 Å². The molecule has 34 heavy (non-hydrogen) atoms. The number of nitrogens with one attached hydrogen (secondary N) is 1. The number of amides is 1. The maximum atomic E-state index is 12.1. The third kappa shape index (κ3) is 7.32. The molecule has 3 rings (SSSR count). The molecule has 0 saturated heterocycles. The molecule has 2 aromatic carbocycles. The number of hydrogen-bond donors (Lipinski definition) is 1. The minimum absolute atomic E-state index is 0.154. The summed E-state index contributed by atoms with van der Waals surface area (Å²) in [5.74, 6) is 1.00. The Labute approximate surface area is 203 Å². The number of benzene rings is 2. The van der Waals surface area contributed by atoms with Crippen LogP contribution in [0.4, 0.5) is 0 Å². The molecule has 0 saturated carbocycles. The summed E-state index contributed by atoms with van der Waals surface area (Å²) in [5, 5.41) is 13.8. The van der Waals surface area contributed by atoms with Crippen LogP contribution in [0.3, 0.4) is 0 Å². The van der Waals surface area contributed by atoms with E-state index in [9.17, 15) is 10.1 Å². The van der Waals surface area contributed by atoms with E-state index in [1.807, 2.05) is 51.1 Å². The van der Waals surface area contributed by atoms with Crippen LogP contribution in [0, 0.1) is 25.2 Å². The zero-order valence-corrected chi connectivity index (χ0v) is 20.1. The molecule has 0 bridgehead atoms. The van der Waals surface area contributed by atoms with Gasteiger partial charge in [-0.25, -0.2) is 15.4 Å². The van der Waals surface area contributed by atoms with Gasteiger partial charge in [-0.05, 0) is 56.7 Å². The molecule has 0 radical (unpaired) electrons. The fourth-order valence-corrected chi connectivity index (χ4v) is 3.74. The number of nitriles is 1. The molecule has 1 N–H and O–H groups in total. The second-order valence-electron chi connectivity index (χ2n) is 7.21. The summed E-state index contributed by atoms with van der Waals surface area (Å²) in [6, 6.07) is 16.7. The van der Waals surface area contributed by atoms with Gasteiger partial charge in [0.15, 0.2) is 16.7 Å². The standard InChI is InChI=1S/C25H25N5O3S/c1-4-32-23-12-19(9-10-22(23)33-15-21-8-6-5-7-20(21)13-26)14-27-30-24(31)16-34-25-28-17(2)11-18(3)29-25/h5-12,14H,4,15-16H2,1-3H3,(H,30,31)/b27-14-. The van der Waals surface area contributed by atoms with Crippen LogP contribution < -0.4 is 14.9 Å². The highest BCUT2D eigenvalue weighted by molar-refractivity contribution is 7.99. The topological polar surface area (TPSA) is 109 Å². The molecule has 0 atom stereocenters. The van der Waals surface area contributed by atoms with Gasteiger partial charge in [-0.1, -0.05) is 30.0 Å². The largest absolute Gasteiger partial charge is 0.490 e. The molecule has 0 aliphatic carbocycles. The molecule has 0 fully saturated rings. The van der Waals surface area contributed by atoms with Gasteiger partial charge in [0.05, 0.1) is 30.2 Å². The van der Waals surface area contributed by atoms with E-state index in [2.05, 4.69) is 26.6 Å². The van der Waals surface area contributed by atoms with Gasteiger partial charge in [0.1, 0.15) is 6.61 Å². The molecule has 0 aliphatic rings. The Bertz CT molecular complexity index is 1200. The van der Waals surface area contributed by atoms with Crippen LogP contribution in [0.1, 0.15) is 35.0 Å². The number of nitrogens with zero attached hydrogens (tertiary/aromatic N) is 4. The van der Waals surface area contributed by atoms with Gasteiger partial charge in [-0.3, -0.25) is 4.79 Å². The van der Waals surface area contributed by atoms with Crippen molar-refractivity contribution in [1.82, 2.24) is 15.4 Å². The zero-order valence-electron chi connectivity index (χ0n) is 19.2. The van der Waals surface area contributed by atoms with Gasteiger partial charge >= 0.3 is 0 Å². The summed E-state index contributed by atoms with van der Waals surface area (Å²) in [7, 11) is 0. The molecule has 174 valence electrons. The van der Waals surface area contributed by atoms with Crippen molar-refractivity contribution in [2.24, 2.45) is 5.10 Å². The number of rotatable bonds is 10. The first-order valence-corrected chi connectivity index (χ1v) is 11.6. The van der Waals surface area contributed by atoms with Crippen LogP contribution in [-0.2, 0) is 11.4 Å². The van der Waals surface area contributed by atoms with Crippen molar-refractivity contribution < 1.29 is 14.3 Å². The van der Waals surface area contributed by atoms with E-state index in [1.54, 1.807) is 18.2 Å². The van der Waals surface area contributed by atoms with Crippen molar-refractivity contribution in [2.45, 2.75) is 32.5 Å². The van der Waals surface area contributed by atoms with Crippen molar-refractivity contribution in [3.63, 3.8) is 0 Å². The van der Waals surface area contributed by atoms with Crippen LogP contribution in [-0.4, -0.2) is 34.4 Å². The van der Waals surface area contributed by atoms with Gasteiger partial charge in [0.25, 0.3) is 5.91 Å². The Morgan fingerprint density at radius 1 is 1.12 bits per heavy atom. The Morgan fingerprint density at radius 3 is 2.62 bits per heavy atom. The molecule has 1 amide bonds. The summed E-state index contributed by atoms with van der Waals surface area (Å²) in [5.41, 5.74) is 6.33. The predicted molar refractivity (Wildman–Crippen MR) is 131 cm³/mol. The Balaban J connectivity index is 1.58. The first kappa shape index (κ1) is 24.7. The van der Waals surface area contributed by atoms with Crippen LogP contribution in [0.2, 0.25) is 0 Å². The van der Waals surface area contributed by atoms with E-state index in [0.29, 0.717) is 28.8 Å². The lowest BCUT2D eigenvalue weighted by Crippen LogP contribution is -2.19. The molecule has 0 unspecified atom stereocenters. The van der Waals surface area contributed by atoms with Gasteiger partial charge in [-0.15, -0.1) is 0 Å². The fourth-order valence-electron chi connectivity index (χ4n) is 3.00. The highest BCUT2D eigenvalue weighted by atomic mass is 32.2. The van der Waals surface area contributed by atoms with E-state index >= 15 is 0 Å². The summed E-state index contributed by atoms with van der Waals surface area (Å²) < 4.78 is 11.6. The Morgan fingerprint density at radius 2 is 1.88 bits per heavy atom. The van der Waals surface area contributed by atoms with E-state index in [4.69, 9.17) is 9.47 Å². The Hall–Kier alpha value is -3.90. The van der Waals surface area contributed by atoms with E-state index in [0.717, 1.165) is 22.5 Å². The molecule has 9 heteroatoms. The smallest absolute Gasteiger partial charge is 0.250 e. The molecule has 1 aromatic heterocycles. The number of carbonyl (C=O) groups excluding carboxylic acids is 1. The number of carbonyl (C=O) groups is 1. The first-order valence-electron chi connectivity index (χ1n) is 10.6. The van der Waals surface area contributed by atoms with Crippen LogP contribution in [0.5, 0.6) is 11.5 Å². The number of thioether (sulfide) groups is 1. The lowest BCUT2D eigenvalue weighted by molar-refractivity contribution is -0.118. The lowest BCUT2D eigenvalue weighted by atomic mass is 10.1. The van der Waals surface area contributed by atoms with Crippen molar-refractivity contribution in [2.75, 3.05) is 12.4 Å². The highest BCUT2D eigenvalue weighted by Crippen LogP contribution is 2.29. The molecule has 1 heterocycles. The van der Waals surface area contributed by atoms with Crippen LogP contribution in [0.25, 0.3) is 0 Å². The fraction of sp³-hybridized carbons (Fsp3) is 0.240. The third-order valence-electron chi connectivity index (χ3n) is 4.49. The van der Waals surface area contributed by atoms with E-state index < -0.39 is 0 Å². The molecule has 0 aliphatic heterocycles. The van der Waals surface area contributed by atoms with Gasteiger partial charge in [0, 0.05) is 17.0 Å². The average Bonchev–Trinajstić information content (AvgIpc) is 2.82. The van der Waals surface area contributed by atoms with Gasteiger partial charge < -0.3 is 9.47 Å². The lowest BCUT2D eigenvalue weighted by Gasteiger charge is -2.13. The number of ether oxygens (including phenoxy) is 2. The summed E-state index contributed by atoms with van der Waals surface area (Å²) in [6.07, 6.45) is 1.53. The van der Waals surface area contributed by atoms with Crippen molar-refractivity contribution in [3.05, 3.63) is 76.6 Å². The first-order chi connectivity index (χ1) is 16.5. The summed E-state index contributed by atoms with van der Waals surface area (Å²) in [6.45, 7) is 6.37. The van der Waals surface area contributed by atoms with Crippen LogP contribution in [0.15, 0.2) is 58.8 Å². The quantitative estimate of drug-likeness (QED) is 0.203. The average molecular weight is 476 g/mol. The molecule has 8 nitrogen and oxygen atoms in total. The minimum atomic E-state index is -0.259. The number of aryl methyl sites for hydroxylation is 2. The number of hydrogen-bond acceptors (Lipinski definition) is 8. The zero-order chi connectivity index (χ0) is 24.3. The molecule has 3 aromatic rings. The van der Waals surface area contributed by atoms with Gasteiger partial charge in [0.2, 0.25) is 0 Å².